The quantitative estimate of drug-likeness (QED) is 0.592. The van der Waals surface area contributed by atoms with E-state index >= 15 is 0 Å². The van der Waals surface area contributed by atoms with Gasteiger partial charge in [-0.3, -0.25) is 4.79 Å². The third-order valence-corrected chi connectivity index (χ3v) is 5.62. The van der Waals surface area contributed by atoms with Gasteiger partial charge in [0.05, 0.1) is 16.8 Å². The number of hydrogen-bond acceptors (Lipinski definition) is 3. The van der Waals surface area contributed by atoms with Crippen molar-refractivity contribution in [1.82, 2.24) is 15.2 Å². The molecule has 0 spiro atoms. The van der Waals surface area contributed by atoms with Gasteiger partial charge < -0.3 is 10.2 Å². The van der Waals surface area contributed by atoms with E-state index in [4.69, 9.17) is 16.6 Å². The van der Waals surface area contributed by atoms with Gasteiger partial charge in [0, 0.05) is 35.1 Å². The molecule has 154 valence electrons. The van der Waals surface area contributed by atoms with E-state index in [0.717, 1.165) is 48.1 Å². The average Bonchev–Trinajstić information content (AvgIpc) is 2.73. The zero-order valence-corrected chi connectivity index (χ0v) is 18.5. The summed E-state index contributed by atoms with van der Waals surface area (Å²) >= 11 is 6.38. The first kappa shape index (κ1) is 23.4. The Morgan fingerprint density at radius 3 is 2.41 bits per heavy atom. The maximum Gasteiger partial charge on any atom is 0.254 e. The highest BCUT2D eigenvalue weighted by atomic mass is 35.5. The van der Waals surface area contributed by atoms with Crippen LogP contribution in [0.15, 0.2) is 54.6 Å². The van der Waals surface area contributed by atoms with Crippen LogP contribution in [-0.2, 0) is 0 Å². The summed E-state index contributed by atoms with van der Waals surface area (Å²) in [5.74, 6) is 0.0662. The highest BCUT2D eigenvalue weighted by Crippen LogP contribution is 2.30. The highest BCUT2D eigenvalue weighted by Gasteiger charge is 2.25. The van der Waals surface area contributed by atoms with Crippen LogP contribution in [-0.4, -0.2) is 42.0 Å². The van der Waals surface area contributed by atoms with Gasteiger partial charge >= 0.3 is 0 Å². The zero-order chi connectivity index (χ0) is 18.8. The van der Waals surface area contributed by atoms with Crippen molar-refractivity contribution in [3.8, 4) is 11.3 Å². The Kier molecular flexibility index (Phi) is 8.29. The molecule has 2 heterocycles. The largest absolute Gasteiger partial charge is 0.339 e. The Hall–Kier alpha value is -1.85. The van der Waals surface area contributed by atoms with Gasteiger partial charge in [-0.05, 0) is 38.1 Å². The van der Waals surface area contributed by atoms with Crippen LogP contribution in [0, 0.1) is 0 Å². The molecule has 0 aliphatic carbocycles. The molecule has 2 aromatic carbocycles. The van der Waals surface area contributed by atoms with E-state index in [1.807, 2.05) is 66.5 Å². The molecule has 1 saturated heterocycles. The summed E-state index contributed by atoms with van der Waals surface area (Å²) in [6.45, 7) is 1.53. The van der Waals surface area contributed by atoms with Gasteiger partial charge in [-0.2, -0.15) is 0 Å². The van der Waals surface area contributed by atoms with E-state index < -0.39 is 0 Å². The molecule has 4 nitrogen and oxygen atoms in total. The van der Waals surface area contributed by atoms with Crippen LogP contribution in [0.4, 0.5) is 0 Å². The predicted octanol–water partition coefficient (Wildman–Crippen LogP) is 5.22. The fourth-order valence-corrected chi connectivity index (χ4v) is 3.93. The van der Waals surface area contributed by atoms with E-state index in [9.17, 15) is 4.79 Å². The minimum absolute atomic E-state index is 0. The van der Waals surface area contributed by atoms with Crippen molar-refractivity contribution in [2.75, 3.05) is 20.1 Å². The van der Waals surface area contributed by atoms with Crippen molar-refractivity contribution in [2.45, 2.75) is 18.9 Å². The highest BCUT2D eigenvalue weighted by molar-refractivity contribution is 6.33. The summed E-state index contributed by atoms with van der Waals surface area (Å²) in [5, 5.41) is 4.82. The van der Waals surface area contributed by atoms with Gasteiger partial charge in [-0.1, -0.05) is 48.0 Å². The number of benzene rings is 2. The molecule has 29 heavy (non-hydrogen) atoms. The van der Waals surface area contributed by atoms with Gasteiger partial charge in [-0.15, -0.1) is 24.8 Å². The van der Waals surface area contributed by atoms with Crippen LogP contribution in [0.5, 0.6) is 0 Å². The lowest BCUT2D eigenvalue weighted by Crippen LogP contribution is -2.44. The monoisotopic (exact) mass is 451 g/mol. The second-order valence-corrected chi connectivity index (χ2v) is 7.31. The van der Waals surface area contributed by atoms with Crippen molar-refractivity contribution in [1.29, 1.82) is 0 Å². The molecule has 1 amide bonds. The molecular weight excluding hydrogens is 429 g/mol. The summed E-state index contributed by atoms with van der Waals surface area (Å²) in [6.07, 6.45) is 1.95. The fourth-order valence-electron chi connectivity index (χ4n) is 3.70. The van der Waals surface area contributed by atoms with Crippen molar-refractivity contribution in [3.63, 3.8) is 0 Å². The van der Waals surface area contributed by atoms with Crippen molar-refractivity contribution < 1.29 is 4.79 Å². The van der Waals surface area contributed by atoms with E-state index in [1.165, 1.54) is 0 Å². The van der Waals surface area contributed by atoms with Crippen LogP contribution in [0.2, 0.25) is 5.02 Å². The Morgan fingerprint density at radius 1 is 1.07 bits per heavy atom. The third-order valence-electron chi connectivity index (χ3n) is 5.29. The molecule has 0 unspecified atom stereocenters. The number of halogens is 3. The number of likely N-dealkylation sites (tertiary alicyclic amines) is 1. The van der Waals surface area contributed by atoms with Crippen molar-refractivity contribution >= 4 is 53.2 Å². The summed E-state index contributed by atoms with van der Waals surface area (Å²) < 4.78 is 0. The summed E-state index contributed by atoms with van der Waals surface area (Å²) in [5.41, 5.74) is 3.07. The van der Waals surface area contributed by atoms with Crippen LogP contribution in [0.3, 0.4) is 0 Å². The maximum atomic E-state index is 13.3. The number of nitrogens with zero attached hydrogens (tertiary/aromatic N) is 2. The number of carbonyl (C=O) groups excluding carboxylic acids is 1. The lowest BCUT2D eigenvalue weighted by molar-refractivity contribution is 0.0709. The molecule has 1 N–H and O–H groups in total. The molecule has 0 saturated carbocycles. The average molecular weight is 453 g/mol. The van der Waals surface area contributed by atoms with Gasteiger partial charge in [-0.25, -0.2) is 4.98 Å². The number of nitrogens with one attached hydrogen (secondary N) is 1. The van der Waals surface area contributed by atoms with Crippen molar-refractivity contribution in [3.05, 3.63) is 65.2 Å². The molecule has 1 aliphatic heterocycles. The van der Waals surface area contributed by atoms with Gasteiger partial charge in [0.25, 0.3) is 5.91 Å². The summed E-state index contributed by atoms with van der Waals surface area (Å²) in [6, 6.07) is 17.8. The number of aromatic nitrogens is 1. The standard InChI is InChI=1S/C22H22ClN3O.2ClH/c1-24-15-10-12-26(13-11-15)22(27)18-14-21(17-7-2-4-8-19(17)23)25-20-9-5-3-6-16(18)20;;/h2-9,14-15,24H,10-13H2,1H3;2*1H. The third kappa shape index (κ3) is 4.84. The number of para-hydroxylation sites is 1. The number of hydrogen-bond donors (Lipinski definition) is 1. The molecule has 0 atom stereocenters. The topological polar surface area (TPSA) is 45.2 Å². The minimum Gasteiger partial charge on any atom is -0.339 e. The number of rotatable bonds is 3. The van der Waals surface area contributed by atoms with Crippen molar-refractivity contribution in [2.24, 2.45) is 0 Å². The SMILES string of the molecule is CNC1CCN(C(=O)c2cc(-c3ccccc3Cl)nc3ccccc23)CC1.Cl.Cl. The zero-order valence-electron chi connectivity index (χ0n) is 16.1. The Morgan fingerprint density at radius 2 is 1.72 bits per heavy atom. The molecule has 7 heteroatoms. The van der Waals surface area contributed by atoms with E-state index in [-0.39, 0.29) is 30.7 Å². The molecule has 0 bridgehead atoms. The first-order valence-electron chi connectivity index (χ1n) is 9.28. The fraction of sp³-hybridized carbons (Fsp3) is 0.273. The number of pyridine rings is 1. The Balaban J connectivity index is 0.00000150. The normalized spacial score (nSPS) is 14.2. The Labute approximate surface area is 188 Å². The second-order valence-electron chi connectivity index (χ2n) is 6.91. The minimum atomic E-state index is 0. The number of piperidine rings is 1. The molecule has 3 aromatic rings. The number of fused-ring (bicyclic) bond motifs is 1. The van der Waals surface area contributed by atoms with E-state index in [1.54, 1.807) is 0 Å². The summed E-state index contributed by atoms with van der Waals surface area (Å²) in [7, 11) is 1.98. The van der Waals surface area contributed by atoms with Gasteiger partial charge in [0.15, 0.2) is 0 Å². The number of carbonyl (C=O) groups is 1. The van der Waals surface area contributed by atoms with Gasteiger partial charge in [0.2, 0.25) is 0 Å². The first-order chi connectivity index (χ1) is 13.2. The molecule has 1 aromatic heterocycles. The maximum absolute atomic E-state index is 13.3. The molecule has 1 fully saturated rings. The Bertz CT molecular complexity index is 988. The lowest BCUT2D eigenvalue weighted by Gasteiger charge is -2.32. The lowest BCUT2D eigenvalue weighted by atomic mass is 10.0. The smallest absolute Gasteiger partial charge is 0.254 e. The number of amides is 1. The van der Waals surface area contributed by atoms with Gasteiger partial charge in [0.1, 0.15) is 0 Å². The summed E-state index contributed by atoms with van der Waals surface area (Å²) in [4.78, 5) is 20.0. The van der Waals surface area contributed by atoms with Crippen LogP contribution in [0.25, 0.3) is 22.2 Å². The molecule has 0 radical (unpaired) electrons. The van der Waals surface area contributed by atoms with Crippen LogP contribution < -0.4 is 5.32 Å². The molecule has 1 aliphatic rings. The molecular formula is C22H24Cl3N3O. The molecule has 4 rings (SSSR count). The van der Waals surface area contributed by atoms with E-state index in [0.29, 0.717) is 16.6 Å². The van der Waals surface area contributed by atoms with E-state index in [2.05, 4.69) is 5.32 Å². The first-order valence-corrected chi connectivity index (χ1v) is 9.66. The predicted molar refractivity (Wildman–Crippen MR) is 125 cm³/mol. The van der Waals surface area contributed by atoms with Crippen LogP contribution >= 0.6 is 36.4 Å². The second kappa shape index (κ2) is 10.3. The van der Waals surface area contributed by atoms with Crippen LogP contribution in [0.1, 0.15) is 23.2 Å².